The Bertz CT molecular complexity index is 1120. The minimum absolute atomic E-state index is 0.0684. The van der Waals surface area contributed by atoms with E-state index in [1.54, 1.807) is 21.1 Å². The molecular weight excluding hydrogens is 412 g/mol. The maximum absolute atomic E-state index is 12.0. The fourth-order valence-electron chi connectivity index (χ4n) is 6.34. The van der Waals surface area contributed by atoms with E-state index in [2.05, 4.69) is 67.3 Å². The van der Waals surface area contributed by atoms with Crippen molar-refractivity contribution in [3.05, 3.63) is 106 Å². The van der Waals surface area contributed by atoms with Crippen LogP contribution in [-0.2, 0) is 24.4 Å². The van der Waals surface area contributed by atoms with Crippen LogP contribution in [0.25, 0.3) is 0 Å². The Morgan fingerprint density at radius 3 is 2.24 bits per heavy atom. The van der Waals surface area contributed by atoms with E-state index in [4.69, 9.17) is 14.2 Å². The van der Waals surface area contributed by atoms with Gasteiger partial charge in [0.15, 0.2) is 0 Å². The Morgan fingerprint density at radius 1 is 1.03 bits per heavy atom. The summed E-state index contributed by atoms with van der Waals surface area (Å²) in [4.78, 5) is 12.0. The number of benzene rings is 2. The lowest BCUT2D eigenvalue weighted by atomic mass is 9.45. The highest BCUT2D eigenvalue weighted by Gasteiger charge is 2.59. The van der Waals surface area contributed by atoms with Crippen LogP contribution >= 0.6 is 0 Å². The number of rotatable bonds is 7. The first kappa shape index (κ1) is 21.7. The summed E-state index contributed by atoms with van der Waals surface area (Å²) < 4.78 is 17.5. The van der Waals surface area contributed by atoms with E-state index in [-0.39, 0.29) is 29.3 Å². The lowest BCUT2D eigenvalue weighted by Gasteiger charge is -2.58. The molecule has 33 heavy (non-hydrogen) atoms. The predicted octanol–water partition coefficient (Wildman–Crippen LogP) is 5.43. The number of ether oxygens (including phenoxy) is 3. The summed E-state index contributed by atoms with van der Waals surface area (Å²) in [6.07, 6.45) is 5.69. The minimum Gasteiger partial charge on any atom is -0.497 e. The van der Waals surface area contributed by atoms with Gasteiger partial charge in [0.05, 0.1) is 19.8 Å². The van der Waals surface area contributed by atoms with Crippen LogP contribution < -0.4 is 0 Å². The van der Waals surface area contributed by atoms with Crippen molar-refractivity contribution in [1.82, 2.24) is 0 Å². The molecule has 0 aromatic heterocycles. The highest BCUT2D eigenvalue weighted by molar-refractivity contribution is 5.86. The zero-order valence-electron chi connectivity index (χ0n) is 19.5. The second-order valence-corrected chi connectivity index (χ2v) is 9.16. The molecule has 6 rings (SSSR count). The summed E-state index contributed by atoms with van der Waals surface area (Å²) in [7, 11) is 3.54. The van der Waals surface area contributed by atoms with Gasteiger partial charge in [-0.1, -0.05) is 61.2 Å². The highest BCUT2D eigenvalue weighted by Crippen LogP contribution is 2.65. The Labute approximate surface area is 195 Å². The van der Waals surface area contributed by atoms with Gasteiger partial charge in [-0.05, 0) is 53.7 Å². The molecule has 0 aliphatic heterocycles. The largest absolute Gasteiger partial charge is 0.497 e. The van der Waals surface area contributed by atoms with Gasteiger partial charge in [0.25, 0.3) is 0 Å². The average molecular weight is 443 g/mol. The van der Waals surface area contributed by atoms with Crippen LogP contribution in [0.1, 0.15) is 47.9 Å². The zero-order valence-corrected chi connectivity index (χ0v) is 19.5. The molecule has 4 aliphatic carbocycles. The summed E-state index contributed by atoms with van der Waals surface area (Å²) in [5.41, 5.74) is 6.78. The molecule has 4 heteroatoms. The number of hydrogen-bond donors (Lipinski definition) is 0. The van der Waals surface area contributed by atoms with Gasteiger partial charge in [-0.15, -0.1) is 0 Å². The van der Waals surface area contributed by atoms with Gasteiger partial charge in [-0.3, -0.25) is 0 Å². The zero-order chi connectivity index (χ0) is 23.2. The average Bonchev–Trinajstić information content (AvgIpc) is 2.85. The first-order chi connectivity index (χ1) is 16.0. The fourth-order valence-corrected chi connectivity index (χ4v) is 6.34. The monoisotopic (exact) mass is 442 g/mol. The van der Waals surface area contributed by atoms with Crippen molar-refractivity contribution in [2.75, 3.05) is 20.8 Å². The number of esters is 1. The van der Waals surface area contributed by atoms with Crippen LogP contribution in [0.15, 0.2) is 84.2 Å². The van der Waals surface area contributed by atoms with E-state index >= 15 is 0 Å². The van der Waals surface area contributed by atoms with Crippen LogP contribution in [0.3, 0.4) is 0 Å². The number of carbonyl (C=O) groups excluding carboxylic acids is 1. The molecular formula is C29H30O4. The van der Waals surface area contributed by atoms with Crippen molar-refractivity contribution >= 4 is 5.97 Å². The SMILES string of the molecule is C=C(C)C(=O)OCCCC12c3ccccc3C(C3=C(OC)C=CC(OC)C31)c1ccccc12. The molecule has 0 spiro atoms. The summed E-state index contributed by atoms with van der Waals surface area (Å²) in [5.74, 6) is 0.843. The van der Waals surface area contributed by atoms with E-state index in [9.17, 15) is 4.79 Å². The Balaban J connectivity index is 1.69. The molecule has 0 radical (unpaired) electrons. The predicted molar refractivity (Wildman–Crippen MR) is 128 cm³/mol. The second kappa shape index (κ2) is 8.35. The van der Waals surface area contributed by atoms with Crippen LogP contribution in [0.4, 0.5) is 0 Å². The summed E-state index contributed by atoms with van der Waals surface area (Å²) >= 11 is 0. The molecule has 0 fully saturated rings. The van der Waals surface area contributed by atoms with Crippen molar-refractivity contribution in [3.63, 3.8) is 0 Å². The van der Waals surface area contributed by atoms with Crippen LogP contribution in [-0.4, -0.2) is 32.9 Å². The van der Waals surface area contributed by atoms with Crippen molar-refractivity contribution in [2.45, 2.75) is 37.2 Å². The molecule has 2 aromatic rings. The van der Waals surface area contributed by atoms with Crippen LogP contribution in [0.2, 0.25) is 0 Å². The van der Waals surface area contributed by atoms with E-state index in [1.165, 1.54) is 27.8 Å². The standard InChI is InChI=1S/C29H30O4/c1-18(2)28(30)33-17-9-16-29-21-12-7-5-10-19(21)25(20-11-6-8-13-22(20)29)26-23(31-3)14-15-24(32-4)27(26)29/h5-8,10-15,24-25,27H,1,9,16-17H2,2-4H3. The van der Waals surface area contributed by atoms with Crippen molar-refractivity contribution in [2.24, 2.45) is 5.92 Å². The van der Waals surface area contributed by atoms with Gasteiger partial charge in [-0.25, -0.2) is 4.79 Å². The van der Waals surface area contributed by atoms with E-state index in [0.29, 0.717) is 12.2 Å². The Morgan fingerprint density at radius 2 is 1.67 bits per heavy atom. The van der Waals surface area contributed by atoms with Gasteiger partial charge < -0.3 is 14.2 Å². The lowest BCUT2D eigenvalue weighted by molar-refractivity contribution is -0.139. The maximum atomic E-state index is 12.0. The molecule has 0 amide bonds. The minimum atomic E-state index is -0.335. The number of hydrogen-bond acceptors (Lipinski definition) is 4. The van der Waals surface area contributed by atoms with Crippen LogP contribution in [0.5, 0.6) is 0 Å². The molecule has 0 saturated heterocycles. The quantitative estimate of drug-likeness (QED) is 0.326. The highest BCUT2D eigenvalue weighted by atomic mass is 16.5. The number of allylic oxidation sites excluding steroid dienone is 1. The molecule has 2 unspecified atom stereocenters. The third-order valence-corrected chi connectivity index (χ3v) is 7.52. The van der Waals surface area contributed by atoms with Gasteiger partial charge >= 0.3 is 5.97 Å². The van der Waals surface area contributed by atoms with Gasteiger partial charge in [-0.2, -0.15) is 0 Å². The fraction of sp³-hybridized carbons (Fsp3) is 0.345. The molecule has 0 N–H and O–H groups in total. The molecule has 170 valence electrons. The molecule has 2 bridgehead atoms. The summed E-state index contributed by atoms with van der Waals surface area (Å²) in [6, 6.07) is 17.6. The first-order valence-electron chi connectivity index (χ1n) is 11.5. The van der Waals surface area contributed by atoms with Gasteiger partial charge in [0.2, 0.25) is 0 Å². The number of methoxy groups -OCH3 is 2. The Hall–Kier alpha value is -3.11. The maximum Gasteiger partial charge on any atom is 0.333 e. The normalized spacial score (nSPS) is 26.3. The van der Waals surface area contributed by atoms with Crippen molar-refractivity contribution in [1.29, 1.82) is 0 Å². The molecule has 2 aromatic carbocycles. The van der Waals surface area contributed by atoms with E-state index < -0.39 is 0 Å². The third-order valence-electron chi connectivity index (χ3n) is 7.52. The molecule has 0 saturated carbocycles. The molecule has 2 atom stereocenters. The van der Waals surface area contributed by atoms with Crippen LogP contribution in [0, 0.1) is 5.92 Å². The van der Waals surface area contributed by atoms with Crippen molar-refractivity contribution < 1.29 is 19.0 Å². The molecule has 4 nitrogen and oxygen atoms in total. The molecule has 4 aliphatic rings. The third kappa shape index (κ3) is 3.12. The second-order valence-electron chi connectivity index (χ2n) is 9.16. The number of carbonyl (C=O) groups is 1. The summed E-state index contributed by atoms with van der Waals surface area (Å²) in [6.45, 7) is 5.73. The first-order valence-corrected chi connectivity index (χ1v) is 11.5. The van der Waals surface area contributed by atoms with Gasteiger partial charge in [0, 0.05) is 29.9 Å². The van der Waals surface area contributed by atoms with E-state index in [0.717, 1.165) is 18.6 Å². The smallest absolute Gasteiger partial charge is 0.333 e. The Kier molecular flexibility index (Phi) is 5.49. The summed E-state index contributed by atoms with van der Waals surface area (Å²) in [5, 5.41) is 0. The van der Waals surface area contributed by atoms with Crippen molar-refractivity contribution in [3.8, 4) is 0 Å². The van der Waals surface area contributed by atoms with E-state index in [1.807, 2.05) is 0 Å². The van der Waals surface area contributed by atoms with Gasteiger partial charge in [0.1, 0.15) is 5.76 Å². The lowest BCUT2D eigenvalue weighted by Crippen LogP contribution is -2.54. The molecule has 0 heterocycles. The topological polar surface area (TPSA) is 44.8 Å².